The summed E-state index contributed by atoms with van der Waals surface area (Å²) in [5, 5.41) is 0. The molecule has 1 fully saturated rings. The number of ketones is 1. The van der Waals surface area contributed by atoms with Crippen molar-refractivity contribution in [2.75, 3.05) is 5.75 Å². The molecule has 0 bridgehead atoms. The van der Waals surface area contributed by atoms with E-state index in [0.717, 1.165) is 10.2 Å². The van der Waals surface area contributed by atoms with E-state index in [-0.39, 0.29) is 11.7 Å². The molecule has 1 aromatic rings. The molecular weight excluding hydrogens is 316 g/mol. The van der Waals surface area contributed by atoms with E-state index in [0.29, 0.717) is 16.9 Å². The van der Waals surface area contributed by atoms with Crippen LogP contribution in [0.25, 0.3) is 0 Å². The first-order valence-electron chi connectivity index (χ1n) is 5.34. The summed E-state index contributed by atoms with van der Waals surface area (Å²) < 4.78 is 0.919. The number of hydrogen-bond acceptors (Lipinski definition) is 4. The molecule has 2 N–H and O–H groups in total. The summed E-state index contributed by atoms with van der Waals surface area (Å²) in [5.74, 6) is 0.688. The van der Waals surface area contributed by atoms with Crippen LogP contribution in [-0.2, 0) is 4.79 Å². The molecule has 0 spiro atoms. The van der Waals surface area contributed by atoms with Gasteiger partial charge in [0.15, 0.2) is 5.78 Å². The molecule has 1 aromatic carbocycles. The van der Waals surface area contributed by atoms with Crippen molar-refractivity contribution in [2.24, 2.45) is 0 Å². The SMILES string of the molecule is O=C1CCSC1=CNNC(=O)c1ccc(Br)cc1. The molecule has 2 rings (SSSR count). The van der Waals surface area contributed by atoms with Crippen LogP contribution in [0.1, 0.15) is 16.8 Å². The molecule has 0 atom stereocenters. The van der Waals surface area contributed by atoms with Gasteiger partial charge in [0.05, 0.1) is 4.91 Å². The largest absolute Gasteiger partial charge is 0.304 e. The second-order valence-electron chi connectivity index (χ2n) is 3.64. The highest BCUT2D eigenvalue weighted by Crippen LogP contribution is 2.25. The molecule has 94 valence electrons. The average Bonchev–Trinajstić information content (AvgIpc) is 2.76. The van der Waals surface area contributed by atoms with Gasteiger partial charge in [0, 0.05) is 28.4 Å². The number of benzene rings is 1. The molecule has 0 saturated carbocycles. The smallest absolute Gasteiger partial charge is 0.269 e. The monoisotopic (exact) mass is 326 g/mol. The van der Waals surface area contributed by atoms with Crippen molar-refractivity contribution in [1.29, 1.82) is 0 Å². The molecular formula is C12H11BrN2O2S. The predicted octanol–water partition coefficient (Wildman–Crippen LogP) is 2.23. The van der Waals surface area contributed by atoms with E-state index < -0.39 is 0 Å². The van der Waals surface area contributed by atoms with Crippen molar-refractivity contribution < 1.29 is 9.59 Å². The maximum atomic E-state index is 11.7. The summed E-state index contributed by atoms with van der Waals surface area (Å²) in [4.78, 5) is 23.7. The standard InChI is InChI=1S/C12H11BrN2O2S/c13-9-3-1-8(2-4-9)12(17)15-14-7-11-10(16)5-6-18-11/h1-4,7,14H,5-6H2,(H,15,17). The average molecular weight is 327 g/mol. The lowest BCUT2D eigenvalue weighted by Crippen LogP contribution is -2.33. The van der Waals surface area contributed by atoms with Crippen LogP contribution in [0, 0.1) is 0 Å². The minimum absolute atomic E-state index is 0.116. The third kappa shape index (κ3) is 3.36. The molecule has 0 unspecified atom stereocenters. The van der Waals surface area contributed by atoms with E-state index >= 15 is 0 Å². The number of thioether (sulfide) groups is 1. The maximum absolute atomic E-state index is 11.7. The molecule has 0 radical (unpaired) electrons. The molecule has 1 amide bonds. The number of nitrogens with one attached hydrogen (secondary N) is 2. The Balaban J connectivity index is 1.89. The van der Waals surface area contributed by atoms with Crippen molar-refractivity contribution in [3.8, 4) is 0 Å². The maximum Gasteiger partial charge on any atom is 0.269 e. The minimum atomic E-state index is -0.241. The Morgan fingerprint density at radius 2 is 2.06 bits per heavy atom. The van der Waals surface area contributed by atoms with Crippen LogP contribution in [0.3, 0.4) is 0 Å². The molecule has 0 aromatic heterocycles. The van der Waals surface area contributed by atoms with Crippen LogP contribution < -0.4 is 10.9 Å². The van der Waals surface area contributed by atoms with Gasteiger partial charge in [-0.15, -0.1) is 11.8 Å². The number of rotatable bonds is 3. The van der Waals surface area contributed by atoms with Gasteiger partial charge in [0.2, 0.25) is 0 Å². The van der Waals surface area contributed by atoms with Crippen LogP contribution in [0.4, 0.5) is 0 Å². The van der Waals surface area contributed by atoms with Crippen molar-refractivity contribution in [1.82, 2.24) is 10.9 Å². The summed E-state index contributed by atoms with van der Waals surface area (Å²) in [6.07, 6.45) is 2.11. The normalized spacial score (nSPS) is 16.9. The summed E-state index contributed by atoms with van der Waals surface area (Å²) in [6, 6.07) is 7.01. The number of Topliss-reactive ketones (excluding diaryl/α,β-unsaturated/α-hetero) is 1. The Kier molecular flexibility index (Phi) is 4.43. The van der Waals surface area contributed by atoms with Crippen LogP contribution >= 0.6 is 27.7 Å². The minimum Gasteiger partial charge on any atom is -0.304 e. The summed E-state index contributed by atoms with van der Waals surface area (Å²) in [7, 11) is 0. The molecule has 0 aliphatic carbocycles. The topological polar surface area (TPSA) is 58.2 Å². The van der Waals surface area contributed by atoms with E-state index in [9.17, 15) is 9.59 Å². The van der Waals surface area contributed by atoms with Gasteiger partial charge in [-0.25, -0.2) is 0 Å². The van der Waals surface area contributed by atoms with E-state index in [1.165, 1.54) is 18.0 Å². The van der Waals surface area contributed by atoms with Gasteiger partial charge in [-0.3, -0.25) is 15.0 Å². The number of halogens is 1. The molecule has 1 aliphatic heterocycles. The zero-order valence-electron chi connectivity index (χ0n) is 9.40. The fourth-order valence-electron chi connectivity index (χ4n) is 1.42. The number of carbonyl (C=O) groups is 2. The fraction of sp³-hybridized carbons (Fsp3) is 0.167. The van der Waals surface area contributed by atoms with E-state index in [1.807, 2.05) is 0 Å². The summed E-state index contributed by atoms with van der Waals surface area (Å²) in [6.45, 7) is 0. The summed E-state index contributed by atoms with van der Waals surface area (Å²) in [5.41, 5.74) is 5.73. The van der Waals surface area contributed by atoms with Gasteiger partial charge >= 0.3 is 0 Å². The Labute approximate surface area is 117 Å². The number of amides is 1. The highest BCUT2D eigenvalue weighted by Gasteiger charge is 2.17. The van der Waals surface area contributed by atoms with E-state index in [4.69, 9.17) is 0 Å². The van der Waals surface area contributed by atoms with Gasteiger partial charge < -0.3 is 5.43 Å². The lowest BCUT2D eigenvalue weighted by atomic mass is 10.2. The zero-order chi connectivity index (χ0) is 13.0. The van der Waals surface area contributed by atoms with Gasteiger partial charge in [-0.2, -0.15) is 0 Å². The second-order valence-corrected chi connectivity index (χ2v) is 5.69. The molecule has 18 heavy (non-hydrogen) atoms. The Hall–Kier alpha value is -1.27. The molecule has 4 nitrogen and oxygen atoms in total. The first kappa shape index (κ1) is 13.2. The number of hydrogen-bond donors (Lipinski definition) is 2. The van der Waals surface area contributed by atoms with Gasteiger partial charge in [-0.05, 0) is 24.3 Å². The Morgan fingerprint density at radius 1 is 1.33 bits per heavy atom. The summed E-state index contributed by atoms with van der Waals surface area (Å²) >= 11 is 4.79. The first-order chi connectivity index (χ1) is 8.66. The fourth-order valence-corrected chi connectivity index (χ4v) is 2.60. The molecule has 1 heterocycles. The van der Waals surface area contributed by atoms with Crippen LogP contribution in [0.2, 0.25) is 0 Å². The quantitative estimate of drug-likeness (QED) is 0.660. The first-order valence-corrected chi connectivity index (χ1v) is 7.12. The number of allylic oxidation sites excluding steroid dienone is 1. The third-order valence-corrected chi connectivity index (χ3v) is 3.95. The zero-order valence-corrected chi connectivity index (χ0v) is 11.8. The van der Waals surface area contributed by atoms with Crippen molar-refractivity contribution in [3.05, 3.63) is 45.4 Å². The van der Waals surface area contributed by atoms with Crippen LogP contribution in [-0.4, -0.2) is 17.4 Å². The van der Waals surface area contributed by atoms with Crippen molar-refractivity contribution in [2.45, 2.75) is 6.42 Å². The molecule has 1 saturated heterocycles. The Bertz CT molecular complexity index is 499. The third-order valence-electron chi connectivity index (χ3n) is 2.36. The second kappa shape index (κ2) is 6.06. The van der Waals surface area contributed by atoms with Crippen LogP contribution in [0.5, 0.6) is 0 Å². The molecule has 1 aliphatic rings. The van der Waals surface area contributed by atoms with Crippen molar-refractivity contribution >= 4 is 39.4 Å². The Morgan fingerprint density at radius 3 is 2.67 bits per heavy atom. The highest BCUT2D eigenvalue weighted by atomic mass is 79.9. The van der Waals surface area contributed by atoms with Gasteiger partial charge in [0.25, 0.3) is 5.91 Å². The number of carbonyl (C=O) groups excluding carboxylic acids is 2. The van der Waals surface area contributed by atoms with E-state index in [2.05, 4.69) is 26.8 Å². The van der Waals surface area contributed by atoms with E-state index in [1.54, 1.807) is 24.3 Å². The van der Waals surface area contributed by atoms with Crippen molar-refractivity contribution in [3.63, 3.8) is 0 Å². The lowest BCUT2D eigenvalue weighted by Gasteiger charge is -2.05. The predicted molar refractivity (Wildman–Crippen MR) is 74.9 cm³/mol. The van der Waals surface area contributed by atoms with Gasteiger partial charge in [-0.1, -0.05) is 15.9 Å². The highest BCUT2D eigenvalue weighted by molar-refractivity contribution is 9.10. The number of hydrazine groups is 1. The van der Waals surface area contributed by atoms with Crippen LogP contribution in [0.15, 0.2) is 39.8 Å². The molecule has 6 heteroatoms. The lowest BCUT2D eigenvalue weighted by molar-refractivity contribution is -0.114. The van der Waals surface area contributed by atoms with Gasteiger partial charge in [0.1, 0.15) is 0 Å².